The van der Waals surface area contributed by atoms with Crippen LogP contribution in [0.15, 0.2) is 48.5 Å². The van der Waals surface area contributed by atoms with Crippen LogP contribution in [0.4, 0.5) is 5.69 Å². The number of para-hydroxylation sites is 1. The van der Waals surface area contributed by atoms with Crippen molar-refractivity contribution in [2.45, 2.75) is 32.9 Å². The van der Waals surface area contributed by atoms with E-state index < -0.39 is 0 Å². The topological polar surface area (TPSA) is 55.2 Å². The number of aryl methyl sites for hydroxylation is 1. The van der Waals surface area contributed by atoms with Crippen molar-refractivity contribution in [2.24, 2.45) is 0 Å². The van der Waals surface area contributed by atoms with Gasteiger partial charge in [0.1, 0.15) is 0 Å². The van der Waals surface area contributed by atoms with E-state index in [1.54, 1.807) is 12.1 Å². The summed E-state index contributed by atoms with van der Waals surface area (Å²) in [4.78, 5) is 10.8. The molecule has 0 aliphatic carbocycles. The minimum Gasteiger partial charge on any atom is -0.306 e. The number of hydrogen-bond donors (Lipinski definition) is 1. The molecule has 1 N–H and O–H groups in total. The number of rotatable bonds is 6. The van der Waals surface area contributed by atoms with Crippen molar-refractivity contribution in [1.29, 1.82) is 0 Å². The molecular weight excluding hydrogens is 264 g/mol. The first kappa shape index (κ1) is 15.2. The smallest absolute Gasteiger partial charge is 0.274 e. The predicted octanol–water partition coefficient (Wildman–Crippen LogP) is 4.01. The van der Waals surface area contributed by atoms with Crippen molar-refractivity contribution >= 4 is 5.69 Å². The molecule has 1 atom stereocenters. The second-order valence-electron chi connectivity index (χ2n) is 5.04. The van der Waals surface area contributed by atoms with E-state index in [-0.39, 0.29) is 16.7 Å². The van der Waals surface area contributed by atoms with E-state index in [1.165, 1.54) is 11.1 Å². The molecule has 0 aliphatic heterocycles. The van der Waals surface area contributed by atoms with Crippen LogP contribution in [-0.2, 0) is 13.0 Å². The summed E-state index contributed by atoms with van der Waals surface area (Å²) in [5, 5.41) is 14.5. The van der Waals surface area contributed by atoms with Gasteiger partial charge in [0.25, 0.3) is 5.69 Å². The van der Waals surface area contributed by atoms with Gasteiger partial charge >= 0.3 is 0 Å². The number of benzene rings is 2. The molecule has 0 radical (unpaired) electrons. The Balaban J connectivity index is 2.12. The molecule has 0 spiro atoms. The summed E-state index contributed by atoms with van der Waals surface area (Å²) in [5.41, 5.74) is 3.43. The first-order chi connectivity index (χ1) is 10.1. The highest BCUT2D eigenvalue weighted by Crippen LogP contribution is 2.24. The van der Waals surface area contributed by atoms with Gasteiger partial charge in [0.2, 0.25) is 0 Å². The van der Waals surface area contributed by atoms with Crippen LogP contribution >= 0.6 is 0 Å². The van der Waals surface area contributed by atoms with Crippen LogP contribution in [0, 0.1) is 10.1 Å². The average Bonchev–Trinajstić information content (AvgIpc) is 2.52. The quantitative estimate of drug-likeness (QED) is 0.644. The number of hydrogen-bond acceptors (Lipinski definition) is 3. The minimum absolute atomic E-state index is 0.0727. The summed E-state index contributed by atoms with van der Waals surface area (Å²) < 4.78 is 0. The second kappa shape index (κ2) is 6.99. The maximum absolute atomic E-state index is 11.1. The van der Waals surface area contributed by atoms with Gasteiger partial charge in [0.15, 0.2) is 0 Å². The van der Waals surface area contributed by atoms with Crippen molar-refractivity contribution in [3.05, 3.63) is 75.3 Å². The summed E-state index contributed by atoms with van der Waals surface area (Å²) in [7, 11) is 0. The summed E-state index contributed by atoms with van der Waals surface area (Å²) >= 11 is 0. The Hall–Kier alpha value is -2.20. The van der Waals surface area contributed by atoms with Crippen molar-refractivity contribution in [1.82, 2.24) is 5.32 Å². The summed E-state index contributed by atoms with van der Waals surface area (Å²) in [6, 6.07) is 15.1. The van der Waals surface area contributed by atoms with Gasteiger partial charge in [0.05, 0.1) is 4.92 Å². The standard InChI is InChI=1S/C17H20N2O2/c1-3-14-8-4-5-9-15(14)12-18-13(2)16-10-6-7-11-17(16)19(20)21/h4-11,13,18H,3,12H2,1-2H3. The van der Waals surface area contributed by atoms with Gasteiger partial charge in [0, 0.05) is 24.2 Å². The number of nitrogens with one attached hydrogen (secondary N) is 1. The van der Waals surface area contributed by atoms with Crippen LogP contribution < -0.4 is 5.32 Å². The van der Waals surface area contributed by atoms with Crippen molar-refractivity contribution in [3.8, 4) is 0 Å². The molecule has 0 saturated heterocycles. The lowest BCUT2D eigenvalue weighted by molar-refractivity contribution is -0.385. The molecule has 0 heterocycles. The molecule has 21 heavy (non-hydrogen) atoms. The second-order valence-corrected chi connectivity index (χ2v) is 5.04. The molecule has 0 fully saturated rings. The van der Waals surface area contributed by atoms with Crippen molar-refractivity contribution in [2.75, 3.05) is 0 Å². The van der Waals surface area contributed by atoms with E-state index in [2.05, 4.69) is 24.4 Å². The SMILES string of the molecule is CCc1ccccc1CNC(C)c1ccccc1[N+](=O)[O-]. The lowest BCUT2D eigenvalue weighted by atomic mass is 10.0. The van der Waals surface area contributed by atoms with Crippen molar-refractivity contribution in [3.63, 3.8) is 0 Å². The fourth-order valence-electron chi connectivity index (χ4n) is 2.47. The number of nitro benzene ring substituents is 1. The van der Waals surface area contributed by atoms with Crippen LogP contribution in [0.3, 0.4) is 0 Å². The third-order valence-electron chi connectivity index (χ3n) is 3.70. The first-order valence-electron chi connectivity index (χ1n) is 7.17. The monoisotopic (exact) mass is 284 g/mol. The summed E-state index contributed by atoms with van der Waals surface area (Å²) in [6.07, 6.45) is 0.984. The molecular formula is C17H20N2O2. The fourth-order valence-corrected chi connectivity index (χ4v) is 2.47. The van der Waals surface area contributed by atoms with Gasteiger partial charge in [-0.05, 0) is 24.5 Å². The highest BCUT2D eigenvalue weighted by Gasteiger charge is 2.17. The van der Waals surface area contributed by atoms with Gasteiger partial charge in [-0.15, -0.1) is 0 Å². The van der Waals surface area contributed by atoms with Crippen molar-refractivity contribution < 1.29 is 4.92 Å². The third kappa shape index (κ3) is 3.67. The Bertz CT molecular complexity index is 626. The molecule has 0 saturated carbocycles. The van der Waals surface area contributed by atoms with E-state index in [0.29, 0.717) is 6.54 Å². The first-order valence-corrected chi connectivity index (χ1v) is 7.17. The lowest BCUT2D eigenvalue weighted by Crippen LogP contribution is -2.19. The maximum Gasteiger partial charge on any atom is 0.274 e. The molecule has 0 amide bonds. The molecule has 0 aliphatic rings. The molecule has 4 nitrogen and oxygen atoms in total. The molecule has 2 rings (SSSR count). The van der Waals surface area contributed by atoms with Gasteiger partial charge in [-0.25, -0.2) is 0 Å². The maximum atomic E-state index is 11.1. The Morgan fingerprint density at radius 2 is 1.71 bits per heavy atom. The molecule has 1 unspecified atom stereocenters. The largest absolute Gasteiger partial charge is 0.306 e. The Morgan fingerprint density at radius 3 is 2.38 bits per heavy atom. The lowest BCUT2D eigenvalue weighted by Gasteiger charge is -2.16. The molecule has 2 aromatic rings. The Morgan fingerprint density at radius 1 is 1.10 bits per heavy atom. The highest BCUT2D eigenvalue weighted by atomic mass is 16.6. The van der Waals surface area contributed by atoms with E-state index in [4.69, 9.17) is 0 Å². The van der Waals surface area contributed by atoms with Gasteiger partial charge in [-0.3, -0.25) is 10.1 Å². The van der Waals surface area contributed by atoms with Crippen LogP contribution in [0.25, 0.3) is 0 Å². The zero-order valence-corrected chi connectivity index (χ0v) is 12.4. The molecule has 0 aromatic heterocycles. The van der Waals surface area contributed by atoms with Gasteiger partial charge in [-0.1, -0.05) is 49.4 Å². The molecule has 2 aromatic carbocycles. The zero-order chi connectivity index (χ0) is 15.2. The predicted molar refractivity (Wildman–Crippen MR) is 84.2 cm³/mol. The van der Waals surface area contributed by atoms with E-state index in [9.17, 15) is 10.1 Å². The van der Waals surface area contributed by atoms with E-state index in [0.717, 1.165) is 12.0 Å². The number of nitro groups is 1. The number of nitrogens with zero attached hydrogens (tertiary/aromatic N) is 1. The van der Waals surface area contributed by atoms with Crippen LogP contribution in [-0.4, -0.2) is 4.92 Å². The van der Waals surface area contributed by atoms with Gasteiger partial charge < -0.3 is 5.32 Å². The fraction of sp³-hybridized carbons (Fsp3) is 0.294. The van der Waals surface area contributed by atoms with Crippen LogP contribution in [0.1, 0.15) is 36.6 Å². The third-order valence-corrected chi connectivity index (χ3v) is 3.70. The minimum atomic E-state index is -0.326. The normalized spacial score (nSPS) is 12.1. The molecule has 0 bridgehead atoms. The van der Waals surface area contributed by atoms with E-state index in [1.807, 2.05) is 31.2 Å². The van der Waals surface area contributed by atoms with E-state index >= 15 is 0 Å². The summed E-state index contributed by atoms with van der Waals surface area (Å²) in [6.45, 7) is 4.79. The Labute approximate surface area is 125 Å². The molecule has 4 heteroatoms. The van der Waals surface area contributed by atoms with Crippen LogP contribution in [0.5, 0.6) is 0 Å². The Kier molecular flexibility index (Phi) is 5.06. The zero-order valence-electron chi connectivity index (χ0n) is 12.4. The average molecular weight is 284 g/mol. The molecule has 110 valence electrons. The van der Waals surface area contributed by atoms with Crippen LogP contribution in [0.2, 0.25) is 0 Å². The summed E-state index contributed by atoms with van der Waals surface area (Å²) in [5.74, 6) is 0. The van der Waals surface area contributed by atoms with Gasteiger partial charge in [-0.2, -0.15) is 0 Å². The highest BCUT2D eigenvalue weighted by molar-refractivity contribution is 5.41.